The van der Waals surface area contributed by atoms with Gasteiger partial charge in [0.2, 0.25) is 0 Å². The van der Waals surface area contributed by atoms with Crippen molar-refractivity contribution in [3.63, 3.8) is 0 Å². The number of nitrogens with zero attached hydrogens (tertiary/aromatic N) is 2. The van der Waals surface area contributed by atoms with Crippen molar-refractivity contribution in [1.82, 2.24) is 15.6 Å². The van der Waals surface area contributed by atoms with Crippen LogP contribution in [0.1, 0.15) is 44.1 Å². The van der Waals surface area contributed by atoms with Gasteiger partial charge in [-0.1, -0.05) is 18.9 Å². The molecule has 126 valence electrons. The zero-order valence-corrected chi connectivity index (χ0v) is 13.5. The van der Waals surface area contributed by atoms with E-state index in [9.17, 15) is 9.90 Å². The molecule has 1 saturated heterocycles. The lowest BCUT2D eigenvalue weighted by atomic mass is 9.93. The maximum atomic E-state index is 11.9. The second kappa shape index (κ2) is 7.64. The Balaban J connectivity index is 1.45. The highest BCUT2D eigenvalue weighted by molar-refractivity contribution is 5.74. The number of hydrogen-bond donors (Lipinski definition) is 3. The number of aliphatic hydroxyl groups excluding tert-OH is 1. The molecular weight excluding hydrogens is 292 g/mol. The van der Waals surface area contributed by atoms with Gasteiger partial charge in [-0.15, -0.1) is 0 Å². The monoisotopic (exact) mass is 318 g/mol. The average Bonchev–Trinajstić information content (AvgIpc) is 3.10. The summed E-state index contributed by atoms with van der Waals surface area (Å²) < 4.78 is 0. The molecule has 3 rings (SSSR count). The maximum Gasteiger partial charge on any atom is 0.315 e. The van der Waals surface area contributed by atoms with Gasteiger partial charge in [0.1, 0.15) is 5.82 Å². The number of amides is 2. The van der Waals surface area contributed by atoms with E-state index in [1.54, 1.807) is 0 Å². The molecule has 2 aliphatic rings. The molecule has 1 aromatic heterocycles. The molecule has 2 heterocycles. The van der Waals surface area contributed by atoms with Gasteiger partial charge in [0.15, 0.2) is 0 Å². The minimum Gasteiger partial charge on any atom is -0.391 e. The van der Waals surface area contributed by atoms with E-state index >= 15 is 0 Å². The van der Waals surface area contributed by atoms with Crippen LogP contribution in [0.25, 0.3) is 0 Å². The van der Waals surface area contributed by atoms with Crippen LogP contribution in [0.5, 0.6) is 0 Å². The van der Waals surface area contributed by atoms with Crippen LogP contribution in [0.15, 0.2) is 18.3 Å². The summed E-state index contributed by atoms with van der Waals surface area (Å²) in [5, 5.41) is 15.6. The smallest absolute Gasteiger partial charge is 0.315 e. The predicted octanol–water partition coefficient (Wildman–Crippen LogP) is 1.78. The number of urea groups is 1. The molecule has 1 saturated carbocycles. The molecule has 0 spiro atoms. The molecule has 2 atom stereocenters. The third-order valence-corrected chi connectivity index (χ3v) is 4.74. The Morgan fingerprint density at radius 1 is 1.22 bits per heavy atom. The van der Waals surface area contributed by atoms with Crippen LogP contribution >= 0.6 is 0 Å². The summed E-state index contributed by atoms with van der Waals surface area (Å²) in [7, 11) is 0. The van der Waals surface area contributed by atoms with Crippen molar-refractivity contribution >= 4 is 11.8 Å². The average molecular weight is 318 g/mol. The lowest BCUT2D eigenvalue weighted by Crippen LogP contribution is -2.48. The molecule has 1 aromatic rings. The zero-order valence-electron chi connectivity index (χ0n) is 13.5. The van der Waals surface area contributed by atoms with Crippen molar-refractivity contribution in [2.45, 2.75) is 57.2 Å². The topological polar surface area (TPSA) is 77.5 Å². The summed E-state index contributed by atoms with van der Waals surface area (Å²) >= 11 is 0. The van der Waals surface area contributed by atoms with Crippen LogP contribution in [0.4, 0.5) is 10.6 Å². The Labute approximate surface area is 137 Å². The third-order valence-electron chi connectivity index (χ3n) is 4.74. The summed E-state index contributed by atoms with van der Waals surface area (Å²) in [5.41, 5.74) is 0.979. The standard InChI is InChI=1S/C17H26N4O2/c22-15-6-2-1-5-14(15)20-17(23)19-12-13-7-8-16(18-11-13)21-9-3-4-10-21/h7-8,11,14-15,22H,1-6,9-10,12H2,(H2,19,20,23). The second-order valence-electron chi connectivity index (χ2n) is 6.50. The van der Waals surface area contributed by atoms with Crippen LogP contribution in [0.3, 0.4) is 0 Å². The number of pyridine rings is 1. The summed E-state index contributed by atoms with van der Waals surface area (Å²) in [6, 6.07) is 3.68. The van der Waals surface area contributed by atoms with Crippen molar-refractivity contribution in [2.75, 3.05) is 18.0 Å². The molecular formula is C17H26N4O2. The van der Waals surface area contributed by atoms with Gasteiger partial charge in [0, 0.05) is 25.8 Å². The normalized spacial score (nSPS) is 24.5. The number of carbonyl (C=O) groups excluding carboxylic acids is 1. The van der Waals surface area contributed by atoms with Crippen molar-refractivity contribution in [3.05, 3.63) is 23.9 Å². The number of aromatic nitrogens is 1. The van der Waals surface area contributed by atoms with Gasteiger partial charge in [-0.25, -0.2) is 9.78 Å². The largest absolute Gasteiger partial charge is 0.391 e. The molecule has 2 amide bonds. The van der Waals surface area contributed by atoms with Crippen LogP contribution < -0.4 is 15.5 Å². The van der Waals surface area contributed by atoms with Gasteiger partial charge in [-0.2, -0.15) is 0 Å². The van der Waals surface area contributed by atoms with Crippen LogP contribution in [0.2, 0.25) is 0 Å². The molecule has 1 aliphatic heterocycles. The van der Waals surface area contributed by atoms with E-state index in [1.165, 1.54) is 12.8 Å². The van der Waals surface area contributed by atoms with Crippen LogP contribution in [-0.4, -0.2) is 41.4 Å². The van der Waals surface area contributed by atoms with Gasteiger partial charge < -0.3 is 20.6 Å². The van der Waals surface area contributed by atoms with Crippen LogP contribution in [-0.2, 0) is 6.54 Å². The number of carbonyl (C=O) groups is 1. The Morgan fingerprint density at radius 3 is 2.70 bits per heavy atom. The molecule has 23 heavy (non-hydrogen) atoms. The predicted molar refractivity (Wildman–Crippen MR) is 89.3 cm³/mol. The fourth-order valence-corrected chi connectivity index (χ4v) is 3.34. The first-order valence-corrected chi connectivity index (χ1v) is 8.65. The van der Waals surface area contributed by atoms with Gasteiger partial charge in [0.25, 0.3) is 0 Å². The molecule has 3 N–H and O–H groups in total. The highest BCUT2D eigenvalue weighted by Gasteiger charge is 2.24. The number of rotatable bonds is 4. The number of aliphatic hydroxyl groups is 1. The first-order valence-electron chi connectivity index (χ1n) is 8.65. The molecule has 2 fully saturated rings. The minimum atomic E-state index is -0.420. The van der Waals surface area contributed by atoms with Crippen LogP contribution in [0, 0.1) is 0 Å². The summed E-state index contributed by atoms with van der Waals surface area (Å²) in [4.78, 5) is 18.7. The Kier molecular flexibility index (Phi) is 5.33. The van der Waals surface area contributed by atoms with Gasteiger partial charge in [-0.05, 0) is 37.3 Å². The molecule has 6 heteroatoms. The Bertz CT molecular complexity index is 514. The molecule has 1 aliphatic carbocycles. The molecule has 2 unspecified atom stereocenters. The quantitative estimate of drug-likeness (QED) is 0.791. The van der Waals surface area contributed by atoms with E-state index in [4.69, 9.17) is 0 Å². The summed E-state index contributed by atoms with van der Waals surface area (Å²) in [6.07, 6.45) is 7.59. The fraction of sp³-hybridized carbons (Fsp3) is 0.647. The highest BCUT2D eigenvalue weighted by atomic mass is 16.3. The SMILES string of the molecule is O=C(NCc1ccc(N2CCCC2)nc1)NC1CCCCC1O. The van der Waals surface area contributed by atoms with E-state index in [-0.39, 0.29) is 12.1 Å². The zero-order chi connectivity index (χ0) is 16.1. The second-order valence-corrected chi connectivity index (χ2v) is 6.50. The van der Waals surface area contributed by atoms with E-state index < -0.39 is 6.10 Å². The summed E-state index contributed by atoms with van der Waals surface area (Å²) in [5.74, 6) is 1.01. The minimum absolute atomic E-state index is 0.126. The van der Waals surface area contributed by atoms with Gasteiger partial charge in [0.05, 0.1) is 12.1 Å². The lowest BCUT2D eigenvalue weighted by Gasteiger charge is -2.28. The number of nitrogens with one attached hydrogen (secondary N) is 2. The van der Waals surface area contributed by atoms with Gasteiger partial charge in [-0.3, -0.25) is 0 Å². The molecule has 0 radical (unpaired) electrons. The highest BCUT2D eigenvalue weighted by Crippen LogP contribution is 2.19. The first-order chi connectivity index (χ1) is 11.2. The van der Waals surface area contributed by atoms with E-state index in [0.29, 0.717) is 6.54 Å². The number of anilines is 1. The lowest BCUT2D eigenvalue weighted by molar-refractivity contribution is 0.0943. The summed E-state index contributed by atoms with van der Waals surface area (Å²) in [6.45, 7) is 2.61. The Morgan fingerprint density at radius 2 is 2.00 bits per heavy atom. The number of hydrogen-bond acceptors (Lipinski definition) is 4. The molecule has 0 aromatic carbocycles. The van der Waals surface area contributed by atoms with E-state index in [0.717, 1.165) is 50.2 Å². The van der Waals surface area contributed by atoms with Crippen molar-refractivity contribution in [2.24, 2.45) is 0 Å². The molecule has 6 nitrogen and oxygen atoms in total. The molecule has 0 bridgehead atoms. The fourth-order valence-electron chi connectivity index (χ4n) is 3.34. The van der Waals surface area contributed by atoms with Gasteiger partial charge >= 0.3 is 6.03 Å². The van der Waals surface area contributed by atoms with E-state index in [1.807, 2.05) is 18.3 Å². The van der Waals surface area contributed by atoms with E-state index in [2.05, 4.69) is 20.5 Å². The van der Waals surface area contributed by atoms with Crippen molar-refractivity contribution in [3.8, 4) is 0 Å². The van der Waals surface area contributed by atoms with Crippen molar-refractivity contribution in [1.29, 1.82) is 0 Å². The maximum absolute atomic E-state index is 11.9. The third kappa shape index (κ3) is 4.34. The first kappa shape index (κ1) is 16.1. The Hall–Kier alpha value is -1.82. The van der Waals surface area contributed by atoms with Crippen molar-refractivity contribution < 1.29 is 9.90 Å².